The molecule has 27 heavy (non-hydrogen) atoms. The number of nitro groups is 1. The number of amides is 2. The summed E-state index contributed by atoms with van der Waals surface area (Å²) in [6.07, 6.45) is 0. The van der Waals surface area contributed by atoms with Crippen LogP contribution in [0.2, 0.25) is 0 Å². The highest BCUT2D eigenvalue weighted by molar-refractivity contribution is 9.10. The van der Waals surface area contributed by atoms with Gasteiger partial charge in [0.2, 0.25) is 5.91 Å². The lowest BCUT2D eigenvalue weighted by Crippen LogP contribution is -2.30. The molecule has 0 aliphatic rings. The van der Waals surface area contributed by atoms with E-state index in [-0.39, 0.29) is 24.0 Å². The summed E-state index contributed by atoms with van der Waals surface area (Å²) >= 11 is 3.22. The van der Waals surface area contributed by atoms with Gasteiger partial charge in [-0.3, -0.25) is 24.6 Å². The molecule has 0 bridgehead atoms. The first-order valence-electron chi connectivity index (χ1n) is 8.03. The lowest BCUT2D eigenvalue weighted by Gasteiger charge is -2.17. The van der Waals surface area contributed by atoms with Crippen molar-refractivity contribution in [2.24, 2.45) is 0 Å². The van der Waals surface area contributed by atoms with Gasteiger partial charge in [0.25, 0.3) is 11.6 Å². The van der Waals surface area contributed by atoms with Gasteiger partial charge in [-0.2, -0.15) is 0 Å². The van der Waals surface area contributed by atoms with Crippen LogP contribution in [-0.2, 0) is 11.3 Å². The number of carbonyl (C=O) groups excluding carboxylic acids is 2. The van der Waals surface area contributed by atoms with Gasteiger partial charge in [0.1, 0.15) is 0 Å². The number of nitrogens with zero attached hydrogens (tertiary/aromatic N) is 2. The molecule has 2 rings (SSSR count). The Hall–Kier alpha value is -2.78. The van der Waals surface area contributed by atoms with Crippen LogP contribution in [0.1, 0.15) is 15.9 Å². The maximum atomic E-state index is 12.2. The molecule has 8 nitrogen and oxygen atoms in total. The van der Waals surface area contributed by atoms with E-state index in [1.807, 2.05) is 17.0 Å². The molecule has 0 atom stereocenters. The number of anilines is 1. The minimum atomic E-state index is -0.500. The van der Waals surface area contributed by atoms with E-state index in [0.717, 1.165) is 5.56 Å². The molecule has 2 N–H and O–H groups in total. The molecule has 0 aliphatic heterocycles. The second-order valence-electron chi connectivity index (χ2n) is 5.92. The quantitative estimate of drug-likeness (QED) is 0.514. The topological polar surface area (TPSA) is 105 Å². The molecule has 0 fully saturated rings. The fourth-order valence-electron chi connectivity index (χ4n) is 2.43. The molecule has 0 spiro atoms. The van der Waals surface area contributed by atoms with Crippen molar-refractivity contribution in [1.29, 1.82) is 0 Å². The predicted molar refractivity (Wildman–Crippen MR) is 106 cm³/mol. The number of halogens is 1. The van der Waals surface area contributed by atoms with Crippen LogP contribution in [0.25, 0.3) is 0 Å². The van der Waals surface area contributed by atoms with Gasteiger partial charge in [0.05, 0.1) is 17.2 Å². The van der Waals surface area contributed by atoms with Crippen LogP contribution in [0.4, 0.5) is 11.4 Å². The highest BCUT2D eigenvalue weighted by Crippen LogP contribution is 2.27. The Balaban J connectivity index is 1.92. The normalized spacial score (nSPS) is 10.5. The van der Waals surface area contributed by atoms with E-state index >= 15 is 0 Å². The summed E-state index contributed by atoms with van der Waals surface area (Å²) in [5.74, 6) is -0.392. The number of nitro benzene ring substituents is 1. The number of likely N-dealkylation sites (N-methyl/N-ethyl adjacent to an activating group) is 1. The van der Waals surface area contributed by atoms with Crippen molar-refractivity contribution in [2.75, 3.05) is 26.0 Å². The molecule has 0 saturated heterocycles. The molecule has 9 heteroatoms. The van der Waals surface area contributed by atoms with Crippen LogP contribution < -0.4 is 10.6 Å². The van der Waals surface area contributed by atoms with E-state index in [4.69, 9.17) is 0 Å². The standard InChI is InChI=1S/C18H19BrN4O4/c1-20-18(25)13-5-3-12(4-6-13)10-22(2)11-17(24)21-16-8-7-14(23(26)27)9-15(16)19/h3-9H,10-11H2,1-2H3,(H,20,25)(H,21,24). The molecular weight excluding hydrogens is 416 g/mol. The van der Waals surface area contributed by atoms with Gasteiger partial charge >= 0.3 is 0 Å². The average molecular weight is 435 g/mol. The number of non-ortho nitro benzene ring substituents is 1. The number of nitrogens with one attached hydrogen (secondary N) is 2. The van der Waals surface area contributed by atoms with Crippen molar-refractivity contribution >= 4 is 39.1 Å². The second-order valence-corrected chi connectivity index (χ2v) is 6.77. The smallest absolute Gasteiger partial charge is 0.270 e. The maximum Gasteiger partial charge on any atom is 0.270 e. The van der Waals surface area contributed by atoms with Crippen LogP contribution >= 0.6 is 15.9 Å². The Morgan fingerprint density at radius 2 is 1.85 bits per heavy atom. The molecule has 0 aromatic heterocycles. The van der Waals surface area contributed by atoms with E-state index in [0.29, 0.717) is 22.3 Å². The van der Waals surface area contributed by atoms with Gasteiger partial charge in [-0.25, -0.2) is 0 Å². The van der Waals surface area contributed by atoms with Crippen LogP contribution in [-0.4, -0.2) is 42.3 Å². The Kier molecular flexibility index (Phi) is 7.03. The molecule has 2 amide bonds. The van der Waals surface area contributed by atoms with Crippen LogP contribution in [0.5, 0.6) is 0 Å². The molecule has 0 heterocycles. The number of benzene rings is 2. The van der Waals surface area contributed by atoms with Crippen LogP contribution in [0.3, 0.4) is 0 Å². The summed E-state index contributed by atoms with van der Waals surface area (Å²) in [5.41, 5.74) is 1.95. The number of hydrogen-bond donors (Lipinski definition) is 2. The van der Waals surface area contributed by atoms with Crippen molar-refractivity contribution < 1.29 is 14.5 Å². The zero-order valence-electron chi connectivity index (χ0n) is 14.9. The minimum absolute atomic E-state index is 0.0582. The van der Waals surface area contributed by atoms with Gasteiger partial charge in [0, 0.05) is 35.8 Å². The van der Waals surface area contributed by atoms with Gasteiger partial charge in [-0.1, -0.05) is 12.1 Å². The van der Waals surface area contributed by atoms with Gasteiger partial charge in [-0.15, -0.1) is 0 Å². The molecule has 0 saturated carbocycles. The van der Waals surface area contributed by atoms with Gasteiger partial charge < -0.3 is 10.6 Å². The zero-order valence-corrected chi connectivity index (χ0v) is 16.4. The third kappa shape index (κ3) is 5.87. The molecule has 142 valence electrons. The fourth-order valence-corrected chi connectivity index (χ4v) is 2.89. The van der Waals surface area contributed by atoms with Crippen molar-refractivity contribution in [3.63, 3.8) is 0 Å². The predicted octanol–water partition coefficient (Wildman–Crippen LogP) is 2.79. The summed E-state index contributed by atoms with van der Waals surface area (Å²) in [7, 11) is 3.38. The van der Waals surface area contributed by atoms with Crippen molar-refractivity contribution in [3.05, 3.63) is 68.2 Å². The minimum Gasteiger partial charge on any atom is -0.355 e. The molecule has 0 unspecified atom stereocenters. The summed E-state index contributed by atoms with van der Waals surface area (Å²) in [6.45, 7) is 0.670. The third-order valence-corrected chi connectivity index (χ3v) is 4.40. The first-order valence-corrected chi connectivity index (χ1v) is 8.83. The molecule has 0 aliphatic carbocycles. The summed E-state index contributed by atoms with van der Waals surface area (Å²) in [5, 5.41) is 16.0. The molecule has 2 aromatic rings. The maximum absolute atomic E-state index is 12.2. The number of hydrogen-bond acceptors (Lipinski definition) is 5. The third-order valence-electron chi connectivity index (χ3n) is 3.75. The summed E-state index contributed by atoms with van der Waals surface area (Å²) in [4.78, 5) is 35.8. The van der Waals surface area contributed by atoms with Gasteiger partial charge in [-0.05, 0) is 46.7 Å². The zero-order chi connectivity index (χ0) is 20.0. The van der Waals surface area contributed by atoms with Crippen LogP contribution in [0.15, 0.2) is 46.9 Å². The lowest BCUT2D eigenvalue weighted by atomic mass is 10.1. The largest absolute Gasteiger partial charge is 0.355 e. The average Bonchev–Trinajstić information content (AvgIpc) is 2.63. The Morgan fingerprint density at radius 1 is 1.19 bits per heavy atom. The lowest BCUT2D eigenvalue weighted by molar-refractivity contribution is -0.384. The number of rotatable bonds is 7. The highest BCUT2D eigenvalue weighted by Gasteiger charge is 2.13. The van der Waals surface area contributed by atoms with E-state index in [1.165, 1.54) is 18.2 Å². The Morgan fingerprint density at radius 3 is 2.41 bits per heavy atom. The van der Waals surface area contributed by atoms with E-state index in [2.05, 4.69) is 26.6 Å². The molecular formula is C18H19BrN4O4. The molecule has 0 radical (unpaired) electrons. The van der Waals surface area contributed by atoms with Gasteiger partial charge in [0.15, 0.2) is 0 Å². The monoisotopic (exact) mass is 434 g/mol. The van der Waals surface area contributed by atoms with Crippen molar-refractivity contribution in [3.8, 4) is 0 Å². The summed E-state index contributed by atoms with van der Waals surface area (Å²) < 4.78 is 0.442. The first-order chi connectivity index (χ1) is 12.8. The first kappa shape index (κ1) is 20.5. The number of carbonyl (C=O) groups is 2. The summed E-state index contributed by atoms with van der Waals surface area (Å²) in [6, 6.07) is 11.3. The Labute approximate surface area is 164 Å². The highest BCUT2D eigenvalue weighted by atomic mass is 79.9. The molecule has 2 aromatic carbocycles. The van der Waals surface area contributed by atoms with Crippen molar-refractivity contribution in [2.45, 2.75) is 6.54 Å². The Bertz CT molecular complexity index is 855. The fraction of sp³-hybridized carbons (Fsp3) is 0.222. The van der Waals surface area contributed by atoms with Crippen LogP contribution in [0, 0.1) is 10.1 Å². The van der Waals surface area contributed by atoms with E-state index in [1.54, 1.807) is 26.2 Å². The van der Waals surface area contributed by atoms with Crippen molar-refractivity contribution in [1.82, 2.24) is 10.2 Å². The van der Waals surface area contributed by atoms with E-state index in [9.17, 15) is 19.7 Å². The SMILES string of the molecule is CNC(=O)c1ccc(CN(C)CC(=O)Nc2ccc([N+](=O)[O-])cc2Br)cc1. The second kappa shape index (κ2) is 9.24. The van der Waals surface area contributed by atoms with E-state index < -0.39 is 4.92 Å².